The molecule has 4 heteroatoms. The Bertz CT molecular complexity index is 599. The predicted octanol–water partition coefficient (Wildman–Crippen LogP) is 4.55. The number of carbonyl (C=O) groups excluding carboxylic acids is 1. The molecule has 3 nitrogen and oxygen atoms in total. The van der Waals surface area contributed by atoms with E-state index in [1.807, 2.05) is 37.4 Å². The van der Waals surface area contributed by atoms with E-state index >= 15 is 0 Å². The van der Waals surface area contributed by atoms with Crippen LogP contribution in [0, 0.1) is 6.92 Å². The maximum atomic E-state index is 11.5. The van der Waals surface area contributed by atoms with E-state index in [4.69, 9.17) is 0 Å². The van der Waals surface area contributed by atoms with Crippen LogP contribution in [0.2, 0.25) is 0 Å². The third kappa shape index (κ3) is 4.31. The highest BCUT2D eigenvalue weighted by atomic mass is 32.1. The van der Waals surface area contributed by atoms with Gasteiger partial charge in [0.05, 0.1) is 5.69 Å². The lowest BCUT2D eigenvalue weighted by Crippen LogP contribution is -2.10. The monoisotopic (exact) mass is 286 g/mol. The van der Waals surface area contributed by atoms with Gasteiger partial charge in [-0.1, -0.05) is 6.92 Å². The average molecular weight is 286 g/mol. The first kappa shape index (κ1) is 14.5. The van der Waals surface area contributed by atoms with Crippen molar-refractivity contribution in [1.29, 1.82) is 0 Å². The third-order valence-corrected chi connectivity index (χ3v) is 3.67. The van der Waals surface area contributed by atoms with Gasteiger partial charge in [-0.05, 0) is 49.7 Å². The molecule has 0 fully saturated rings. The number of hydrogen-bond donors (Lipinski definition) is 1. The Labute approximate surface area is 123 Å². The number of nitrogens with one attached hydrogen (secondary N) is 1. The molecule has 1 aromatic heterocycles. The predicted molar refractivity (Wildman–Crippen MR) is 86.3 cm³/mol. The molecule has 0 spiro atoms. The van der Waals surface area contributed by atoms with E-state index in [0.717, 1.165) is 22.7 Å². The van der Waals surface area contributed by atoms with Gasteiger partial charge in [0.25, 0.3) is 0 Å². The molecule has 0 unspecified atom stereocenters. The molecular formula is C16H18N2OS. The summed E-state index contributed by atoms with van der Waals surface area (Å²) < 4.78 is 0. The molecule has 0 aliphatic heterocycles. The van der Waals surface area contributed by atoms with Crippen molar-refractivity contribution < 1.29 is 4.79 Å². The van der Waals surface area contributed by atoms with Gasteiger partial charge in [0.2, 0.25) is 5.91 Å². The van der Waals surface area contributed by atoms with Gasteiger partial charge in [0, 0.05) is 28.1 Å². The van der Waals surface area contributed by atoms with Gasteiger partial charge in [-0.15, -0.1) is 11.3 Å². The lowest BCUT2D eigenvalue weighted by Gasteiger charge is -2.03. The van der Waals surface area contributed by atoms with Gasteiger partial charge in [-0.3, -0.25) is 9.79 Å². The van der Waals surface area contributed by atoms with Gasteiger partial charge >= 0.3 is 0 Å². The average Bonchev–Trinajstić information content (AvgIpc) is 2.84. The fourth-order valence-electron chi connectivity index (χ4n) is 1.74. The Morgan fingerprint density at radius 2 is 2.00 bits per heavy atom. The second kappa shape index (κ2) is 7.01. The summed E-state index contributed by atoms with van der Waals surface area (Å²) in [5.74, 6) is 0.0535. The maximum Gasteiger partial charge on any atom is 0.224 e. The molecule has 0 aliphatic carbocycles. The van der Waals surface area contributed by atoms with Crippen molar-refractivity contribution in [3.05, 3.63) is 46.2 Å². The second-order valence-electron chi connectivity index (χ2n) is 4.55. The molecule has 2 rings (SSSR count). The number of anilines is 1. The Balaban J connectivity index is 1.97. The van der Waals surface area contributed by atoms with Gasteiger partial charge in [-0.2, -0.15) is 0 Å². The molecule has 1 aromatic carbocycles. The molecule has 1 heterocycles. The molecule has 0 bridgehead atoms. The van der Waals surface area contributed by atoms with Crippen molar-refractivity contribution in [1.82, 2.24) is 0 Å². The summed E-state index contributed by atoms with van der Waals surface area (Å²) in [6.45, 7) is 4.07. The van der Waals surface area contributed by atoms with E-state index in [1.165, 1.54) is 4.88 Å². The summed E-state index contributed by atoms with van der Waals surface area (Å²) in [6.07, 6.45) is 3.27. The lowest BCUT2D eigenvalue weighted by molar-refractivity contribution is -0.116. The van der Waals surface area contributed by atoms with E-state index in [1.54, 1.807) is 11.3 Å². The van der Waals surface area contributed by atoms with Crippen molar-refractivity contribution in [3.63, 3.8) is 0 Å². The number of nitrogens with zero attached hydrogens (tertiary/aromatic N) is 1. The summed E-state index contributed by atoms with van der Waals surface area (Å²) in [7, 11) is 0. The Hall–Kier alpha value is -1.94. The van der Waals surface area contributed by atoms with Gasteiger partial charge in [-0.25, -0.2) is 0 Å². The summed E-state index contributed by atoms with van der Waals surface area (Å²) in [6, 6.07) is 11.7. The van der Waals surface area contributed by atoms with Crippen LogP contribution in [0.15, 0.2) is 41.4 Å². The van der Waals surface area contributed by atoms with Crippen LogP contribution in [0.1, 0.15) is 29.5 Å². The highest BCUT2D eigenvalue weighted by Gasteiger charge is 2.00. The molecule has 0 saturated carbocycles. The number of aryl methyl sites for hydroxylation is 1. The lowest BCUT2D eigenvalue weighted by atomic mass is 10.2. The zero-order valence-electron chi connectivity index (χ0n) is 11.7. The minimum absolute atomic E-state index is 0.0535. The topological polar surface area (TPSA) is 41.5 Å². The van der Waals surface area contributed by atoms with Crippen LogP contribution in [0.25, 0.3) is 0 Å². The SMILES string of the molecule is CCCC(=O)Nc1ccc(N=Cc2ccc(C)s2)cc1. The fourth-order valence-corrected chi connectivity index (χ4v) is 2.49. The van der Waals surface area contributed by atoms with Crippen molar-refractivity contribution >= 4 is 34.8 Å². The number of carbonyl (C=O) groups is 1. The molecule has 2 aromatic rings. The number of hydrogen-bond acceptors (Lipinski definition) is 3. The number of rotatable bonds is 5. The first-order valence-corrected chi connectivity index (χ1v) is 7.49. The Morgan fingerprint density at radius 1 is 1.25 bits per heavy atom. The van der Waals surface area contributed by atoms with E-state index in [2.05, 4.69) is 29.4 Å². The van der Waals surface area contributed by atoms with Crippen LogP contribution in [0.3, 0.4) is 0 Å². The van der Waals surface area contributed by atoms with Gasteiger partial charge in [0.1, 0.15) is 0 Å². The van der Waals surface area contributed by atoms with Crippen LogP contribution in [0.4, 0.5) is 11.4 Å². The molecule has 1 N–H and O–H groups in total. The first-order valence-electron chi connectivity index (χ1n) is 6.68. The van der Waals surface area contributed by atoms with E-state index < -0.39 is 0 Å². The van der Waals surface area contributed by atoms with Crippen LogP contribution >= 0.6 is 11.3 Å². The Morgan fingerprint density at radius 3 is 2.60 bits per heavy atom. The minimum Gasteiger partial charge on any atom is -0.326 e. The van der Waals surface area contributed by atoms with Crippen LogP contribution in [-0.2, 0) is 4.79 Å². The molecule has 0 atom stereocenters. The highest BCUT2D eigenvalue weighted by molar-refractivity contribution is 7.13. The van der Waals surface area contributed by atoms with Crippen LogP contribution < -0.4 is 5.32 Å². The fraction of sp³-hybridized carbons (Fsp3) is 0.250. The van der Waals surface area contributed by atoms with Gasteiger partial charge in [0.15, 0.2) is 0 Å². The summed E-state index contributed by atoms with van der Waals surface area (Å²) in [5, 5.41) is 2.86. The van der Waals surface area contributed by atoms with Crippen molar-refractivity contribution in [2.75, 3.05) is 5.32 Å². The summed E-state index contributed by atoms with van der Waals surface area (Å²) >= 11 is 1.72. The van der Waals surface area contributed by atoms with Gasteiger partial charge < -0.3 is 5.32 Å². The molecule has 0 saturated heterocycles. The molecular weight excluding hydrogens is 268 g/mol. The molecule has 1 amide bonds. The molecule has 0 aliphatic rings. The zero-order valence-corrected chi connectivity index (χ0v) is 12.5. The smallest absolute Gasteiger partial charge is 0.224 e. The molecule has 104 valence electrons. The number of amides is 1. The van der Waals surface area contributed by atoms with Crippen LogP contribution in [0.5, 0.6) is 0 Å². The number of thiophene rings is 1. The van der Waals surface area contributed by atoms with Crippen molar-refractivity contribution in [3.8, 4) is 0 Å². The number of aliphatic imine (C=N–C) groups is 1. The quantitative estimate of drug-likeness (QED) is 0.805. The van der Waals surface area contributed by atoms with E-state index in [0.29, 0.717) is 6.42 Å². The largest absolute Gasteiger partial charge is 0.326 e. The maximum absolute atomic E-state index is 11.5. The second-order valence-corrected chi connectivity index (χ2v) is 5.87. The summed E-state index contributed by atoms with van der Waals surface area (Å²) in [4.78, 5) is 18.3. The summed E-state index contributed by atoms with van der Waals surface area (Å²) in [5.41, 5.74) is 1.69. The zero-order chi connectivity index (χ0) is 14.4. The standard InChI is InChI=1S/C16H18N2OS/c1-3-4-16(19)18-14-8-6-13(7-9-14)17-11-15-10-5-12(2)20-15/h5-11H,3-4H2,1-2H3,(H,18,19). The normalized spacial score (nSPS) is 10.9. The van der Waals surface area contributed by atoms with Crippen molar-refractivity contribution in [2.24, 2.45) is 4.99 Å². The van der Waals surface area contributed by atoms with E-state index in [-0.39, 0.29) is 5.91 Å². The Kier molecular flexibility index (Phi) is 5.07. The third-order valence-electron chi connectivity index (χ3n) is 2.73. The molecule has 20 heavy (non-hydrogen) atoms. The van der Waals surface area contributed by atoms with Crippen molar-refractivity contribution in [2.45, 2.75) is 26.7 Å². The van der Waals surface area contributed by atoms with E-state index in [9.17, 15) is 4.79 Å². The molecule has 0 radical (unpaired) electrons. The first-order chi connectivity index (χ1) is 9.67. The van der Waals surface area contributed by atoms with Crippen LogP contribution in [-0.4, -0.2) is 12.1 Å². The minimum atomic E-state index is 0.0535. The highest BCUT2D eigenvalue weighted by Crippen LogP contribution is 2.18. The number of benzene rings is 1.